The summed E-state index contributed by atoms with van der Waals surface area (Å²) < 4.78 is 43.3. The average molecular weight is 284 g/mol. The van der Waals surface area contributed by atoms with E-state index in [1.807, 2.05) is 0 Å². The third-order valence-corrected chi connectivity index (χ3v) is 2.47. The van der Waals surface area contributed by atoms with Crippen molar-refractivity contribution < 1.29 is 23.0 Å². The zero-order valence-electron chi connectivity index (χ0n) is 10.2. The lowest BCUT2D eigenvalue weighted by Gasteiger charge is -2.11. The van der Waals surface area contributed by atoms with E-state index >= 15 is 0 Å². The summed E-state index contributed by atoms with van der Waals surface area (Å²) in [7, 11) is 0. The third kappa shape index (κ3) is 3.18. The molecule has 2 rings (SSSR count). The first-order chi connectivity index (χ1) is 9.40. The lowest BCUT2D eigenvalue weighted by atomic mass is 10.2. The number of para-hydroxylation sites is 2. The number of aromatic hydroxyl groups is 1. The first-order valence-electron chi connectivity index (χ1n) is 5.64. The van der Waals surface area contributed by atoms with Crippen LogP contribution in [0.25, 0.3) is 0 Å². The van der Waals surface area contributed by atoms with Crippen molar-refractivity contribution in [3.05, 3.63) is 47.7 Å². The molecule has 1 aromatic carbocycles. The lowest BCUT2D eigenvalue weighted by Crippen LogP contribution is -2.10. The summed E-state index contributed by atoms with van der Waals surface area (Å²) in [5.41, 5.74) is 4.50. The fourth-order valence-corrected chi connectivity index (χ4v) is 1.53. The molecule has 7 heteroatoms. The van der Waals surface area contributed by atoms with Crippen LogP contribution in [0, 0.1) is 0 Å². The molecule has 0 unspecified atom stereocenters. The van der Waals surface area contributed by atoms with Crippen LogP contribution in [-0.2, 0) is 12.7 Å². The van der Waals surface area contributed by atoms with E-state index in [9.17, 15) is 18.3 Å². The van der Waals surface area contributed by atoms with Crippen LogP contribution < -0.4 is 10.5 Å². The van der Waals surface area contributed by atoms with E-state index in [2.05, 4.69) is 4.98 Å². The number of alkyl halides is 3. The van der Waals surface area contributed by atoms with Crippen molar-refractivity contribution in [1.82, 2.24) is 4.98 Å². The molecule has 0 saturated carbocycles. The Bertz CT molecular complexity index is 615. The second kappa shape index (κ2) is 5.38. The van der Waals surface area contributed by atoms with E-state index < -0.39 is 11.9 Å². The summed E-state index contributed by atoms with van der Waals surface area (Å²) in [6, 6.07) is 8.06. The highest BCUT2D eigenvalue weighted by atomic mass is 19.4. The Morgan fingerprint density at radius 2 is 1.90 bits per heavy atom. The molecule has 0 atom stereocenters. The molecule has 0 saturated heterocycles. The van der Waals surface area contributed by atoms with E-state index in [4.69, 9.17) is 10.5 Å². The van der Waals surface area contributed by atoms with Crippen LogP contribution in [0.4, 0.5) is 13.2 Å². The molecule has 1 heterocycles. The molecule has 0 aliphatic heterocycles. The van der Waals surface area contributed by atoms with Gasteiger partial charge in [0.25, 0.3) is 0 Å². The average Bonchev–Trinajstić information content (AvgIpc) is 2.40. The van der Waals surface area contributed by atoms with Gasteiger partial charge in [-0.2, -0.15) is 13.2 Å². The van der Waals surface area contributed by atoms with Gasteiger partial charge in [-0.25, -0.2) is 4.98 Å². The maximum Gasteiger partial charge on any atom is 0.433 e. The molecule has 0 aliphatic carbocycles. The monoisotopic (exact) mass is 284 g/mol. The number of pyridine rings is 1. The molecule has 3 N–H and O–H groups in total. The Kier molecular flexibility index (Phi) is 3.80. The number of hydrogen-bond donors (Lipinski definition) is 2. The second-order valence-corrected chi connectivity index (χ2v) is 3.97. The Morgan fingerprint density at radius 1 is 1.20 bits per heavy atom. The van der Waals surface area contributed by atoms with Crippen molar-refractivity contribution in [3.8, 4) is 17.4 Å². The molecule has 0 amide bonds. The van der Waals surface area contributed by atoms with Crippen LogP contribution in [0.5, 0.6) is 17.4 Å². The van der Waals surface area contributed by atoms with Gasteiger partial charge in [0, 0.05) is 12.6 Å². The zero-order chi connectivity index (χ0) is 14.8. The van der Waals surface area contributed by atoms with Gasteiger partial charge in [-0.15, -0.1) is 0 Å². The number of ether oxygens (including phenoxy) is 1. The van der Waals surface area contributed by atoms with E-state index in [0.717, 1.165) is 6.07 Å². The van der Waals surface area contributed by atoms with Gasteiger partial charge >= 0.3 is 6.18 Å². The maximum atomic E-state index is 12.7. The number of aromatic nitrogens is 1. The Labute approximate surface area is 112 Å². The number of nitrogens with zero attached hydrogens (tertiary/aromatic N) is 1. The van der Waals surface area contributed by atoms with Gasteiger partial charge in [-0.1, -0.05) is 12.1 Å². The summed E-state index contributed by atoms with van der Waals surface area (Å²) in [6.07, 6.45) is -4.60. The number of phenolic OH excluding ortho intramolecular Hbond substituents is 1. The smallest absolute Gasteiger partial charge is 0.433 e. The van der Waals surface area contributed by atoms with Crippen LogP contribution in [0.1, 0.15) is 11.3 Å². The Hall–Kier alpha value is -2.28. The molecule has 20 heavy (non-hydrogen) atoms. The SMILES string of the molecule is NCc1cc(Oc2ccccc2O)nc(C(F)(F)F)c1. The fourth-order valence-electron chi connectivity index (χ4n) is 1.53. The van der Waals surface area contributed by atoms with E-state index in [0.29, 0.717) is 0 Å². The Morgan fingerprint density at radius 3 is 2.50 bits per heavy atom. The predicted octanol–water partition coefficient (Wildman–Crippen LogP) is 3.06. The number of nitrogens with two attached hydrogens (primary N) is 1. The van der Waals surface area contributed by atoms with Crippen LogP contribution in [0.3, 0.4) is 0 Å². The van der Waals surface area contributed by atoms with Crippen LogP contribution in [0.15, 0.2) is 36.4 Å². The van der Waals surface area contributed by atoms with Crippen molar-refractivity contribution >= 4 is 0 Å². The van der Waals surface area contributed by atoms with Crippen LogP contribution >= 0.6 is 0 Å². The van der Waals surface area contributed by atoms with E-state index in [-0.39, 0.29) is 29.5 Å². The minimum absolute atomic E-state index is 0.0160. The quantitative estimate of drug-likeness (QED) is 0.909. The fraction of sp³-hybridized carbons (Fsp3) is 0.154. The van der Waals surface area contributed by atoms with Crippen molar-refractivity contribution in [2.45, 2.75) is 12.7 Å². The molecule has 1 aromatic heterocycles. The first kappa shape index (κ1) is 14.1. The normalized spacial score (nSPS) is 11.4. The highest BCUT2D eigenvalue weighted by Crippen LogP contribution is 2.33. The highest BCUT2D eigenvalue weighted by molar-refractivity contribution is 5.41. The standard InChI is InChI=1S/C13H11F3N2O2/c14-13(15,16)11-5-8(7-17)6-12(18-11)20-10-4-2-1-3-9(10)19/h1-6,19H,7,17H2. The summed E-state index contributed by atoms with van der Waals surface area (Å²) >= 11 is 0. The molecule has 106 valence electrons. The van der Waals surface area contributed by atoms with Crippen LogP contribution in [0.2, 0.25) is 0 Å². The molecular weight excluding hydrogens is 273 g/mol. The molecule has 0 fully saturated rings. The minimum Gasteiger partial charge on any atom is -0.504 e. The lowest BCUT2D eigenvalue weighted by molar-refractivity contribution is -0.141. The number of rotatable bonds is 3. The number of benzene rings is 1. The summed E-state index contributed by atoms with van der Waals surface area (Å²) in [6.45, 7) is -0.0806. The largest absolute Gasteiger partial charge is 0.504 e. The highest BCUT2D eigenvalue weighted by Gasteiger charge is 2.33. The van der Waals surface area contributed by atoms with Gasteiger partial charge < -0.3 is 15.6 Å². The molecule has 2 aromatic rings. The predicted molar refractivity (Wildman–Crippen MR) is 65.3 cm³/mol. The number of phenols is 1. The third-order valence-electron chi connectivity index (χ3n) is 2.47. The van der Waals surface area contributed by atoms with Gasteiger partial charge in [0.15, 0.2) is 11.5 Å². The zero-order valence-corrected chi connectivity index (χ0v) is 10.2. The van der Waals surface area contributed by atoms with Crippen molar-refractivity contribution in [2.75, 3.05) is 0 Å². The van der Waals surface area contributed by atoms with Crippen molar-refractivity contribution in [2.24, 2.45) is 5.73 Å². The molecule has 0 spiro atoms. The molecule has 4 nitrogen and oxygen atoms in total. The first-order valence-corrected chi connectivity index (χ1v) is 5.64. The maximum absolute atomic E-state index is 12.7. The van der Waals surface area contributed by atoms with E-state index in [1.54, 1.807) is 12.1 Å². The van der Waals surface area contributed by atoms with Crippen molar-refractivity contribution in [3.63, 3.8) is 0 Å². The molecule has 0 bridgehead atoms. The van der Waals surface area contributed by atoms with Gasteiger partial charge in [0.1, 0.15) is 5.69 Å². The van der Waals surface area contributed by atoms with Gasteiger partial charge in [-0.3, -0.25) is 0 Å². The topological polar surface area (TPSA) is 68.4 Å². The van der Waals surface area contributed by atoms with Crippen LogP contribution in [-0.4, -0.2) is 10.1 Å². The number of halogens is 3. The van der Waals surface area contributed by atoms with Gasteiger partial charge in [0.05, 0.1) is 0 Å². The van der Waals surface area contributed by atoms with Gasteiger partial charge in [0.2, 0.25) is 5.88 Å². The second-order valence-electron chi connectivity index (χ2n) is 3.97. The molecule has 0 aliphatic rings. The summed E-state index contributed by atoms with van der Waals surface area (Å²) in [5, 5.41) is 9.53. The Balaban J connectivity index is 2.39. The van der Waals surface area contributed by atoms with E-state index in [1.165, 1.54) is 18.2 Å². The number of hydrogen-bond acceptors (Lipinski definition) is 4. The summed E-state index contributed by atoms with van der Waals surface area (Å²) in [5.74, 6) is -0.454. The minimum atomic E-state index is -4.60. The molecule has 0 radical (unpaired) electrons. The van der Waals surface area contributed by atoms with Gasteiger partial charge in [-0.05, 0) is 23.8 Å². The summed E-state index contributed by atoms with van der Waals surface area (Å²) in [4.78, 5) is 3.38. The van der Waals surface area contributed by atoms with Crippen molar-refractivity contribution in [1.29, 1.82) is 0 Å². The molecular formula is C13H11F3N2O2.